The molecule has 23 heavy (non-hydrogen) atoms. The zero-order valence-corrected chi connectivity index (χ0v) is 12.2. The fraction of sp³-hybridized carbons (Fsp3) is 0.462. The molecule has 3 rings (SSSR count). The number of alkyl halides is 2. The number of nitrogens with one attached hydrogen (secondary N) is 2. The molecule has 0 unspecified atom stereocenters. The highest BCUT2D eigenvalue weighted by Crippen LogP contribution is 2.21. The Morgan fingerprint density at radius 1 is 1.39 bits per heavy atom. The standard InChI is InChI=1S/C13H17F2N7O/c14-13(15)23-12-4-9(20-21-12)18-10-5-17-6-11(19-10)22-3-1-2-8(16)7-22/h4-6,8,13H,1-3,7,16H2,(H2,18,19,20,21)/t8-/m0/s1. The SMILES string of the molecule is N[C@H]1CCCN(c2cncc(Nc3cc(OC(F)F)[nH]n3)n2)C1. The molecule has 1 atom stereocenters. The van der Waals surface area contributed by atoms with Gasteiger partial charge in [0.1, 0.15) is 5.82 Å². The molecule has 3 heterocycles. The van der Waals surface area contributed by atoms with Gasteiger partial charge < -0.3 is 20.7 Å². The fourth-order valence-corrected chi connectivity index (χ4v) is 2.44. The van der Waals surface area contributed by atoms with Crippen LogP contribution in [0.25, 0.3) is 0 Å². The van der Waals surface area contributed by atoms with Gasteiger partial charge in [0, 0.05) is 25.2 Å². The molecule has 0 aromatic carbocycles. The summed E-state index contributed by atoms with van der Waals surface area (Å²) >= 11 is 0. The lowest BCUT2D eigenvalue weighted by molar-refractivity contribution is -0.0528. The summed E-state index contributed by atoms with van der Waals surface area (Å²) in [6, 6.07) is 1.44. The number of piperidine rings is 1. The maximum Gasteiger partial charge on any atom is 0.388 e. The number of anilines is 3. The molecule has 8 nitrogen and oxygen atoms in total. The topological polar surface area (TPSA) is 105 Å². The zero-order chi connectivity index (χ0) is 16.2. The largest absolute Gasteiger partial charge is 0.417 e. The van der Waals surface area contributed by atoms with Crippen molar-refractivity contribution in [3.63, 3.8) is 0 Å². The average molecular weight is 325 g/mol. The normalized spacial score (nSPS) is 18.3. The van der Waals surface area contributed by atoms with Crippen LogP contribution in [0.15, 0.2) is 18.5 Å². The van der Waals surface area contributed by atoms with E-state index in [4.69, 9.17) is 5.73 Å². The molecule has 0 radical (unpaired) electrons. The van der Waals surface area contributed by atoms with Crippen molar-refractivity contribution in [2.75, 3.05) is 23.3 Å². The van der Waals surface area contributed by atoms with Gasteiger partial charge in [0.25, 0.3) is 0 Å². The maximum absolute atomic E-state index is 12.1. The van der Waals surface area contributed by atoms with Crippen LogP contribution in [-0.2, 0) is 0 Å². The minimum absolute atomic E-state index is 0.127. The quantitative estimate of drug-likeness (QED) is 0.764. The molecule has 4 N–H and O–H groups in total. The Morgan fingerprint density at radius 3 is 3.04 bits per heavy atom. The Balaban J connectivity index is 1.68. The Kier molecular flexibility index (Phi) is 4.51. The average Bonchev–Trinajstić information content (AvgIpc) is 2.94. The smallest absolute Gasteiger partial charge is 0.388 e. The van der Waals surface area contributed by atoms with Crippen LogP contribution in [0.4, 0.5) is 26.2 Å². The number of hydrogen-bond acceptors (Lipinski definition) is 7. The molecular formula is C13H17F2N7O. The second-order valence-corrected chi connectivity index (χ2v) is 5.23. The van der Waals surface area contributed by atoms with Gasteiger partial charge in [0.2, 0.25) is 5.88 Å². The monoisotopic (exact) mass is 325 g/mol. The van der Waals surface area contributed by atoms with Crippen molar-refractivity contribution in [3.05, 3.63) is 18.5 Å². The third kappa shape index (κ3) is 4.03. The second kappa shape index (κ2) is 6.73. The summed E-state index contributed by atoms with van der Waals surface area (Å²) in [5.41, 5.74) is 5.97. The van der Waals surface area contributed by atoms with Crippen molar-refractivity contribution in [2.45, 2.75) is 25.5 Å². The number of rotatable bonds is 5. The molecule has 10 heteroatoms. The van der Waals surface area contributed by atoms with Crippen LogP contribution >= 0.6 is 0 Å². The Bertz CT molecular complexity index is 651. The lowest BCUT2D eigenvalue weighted by Gasteiger charge is -2.31. The molecule has 1 fully saturated rings. The van der Waals surface area contributed by atoms with E-state index in [0.717, 1.165) is 25.9 Å². The molecule has 124 valence electrons. The van der Waals surface area contributed by atoms with E-state index >= 15 is 0 Å². The molecule has 1 aliphatic rings. The molecule has 0 spiro atoms. The van der Waals surface area contributed by atoms with E-state index in [9.17, 15) is 8.78 Å². The van der Waals surface area contributed by atoms with E-state index in [1.165, 1.54) is 12.3 Å². The Hall–Kier alpha value is -2.49. The summed E-state index contributed by atoms with van der Waals surface area (Å²) in [6.07, 6.45) is 5.20. The fourth-order valence-electron chi connectivity index (χ4n) is 2.44. The number of nitrogens with two attached hydrogens (primary N) is 1. The molecule has 1 saturated heterocycles. The van der Waals surface area contributed by atoms with Gasteiger partial charge in [0.15, 0.2) is 11.6 Å². The highest BCUT2D eigenvalue weighted by Gasteiger charge is 2.18. The van der Waals surface area contributed by atoms with E-state index in [0.29, 0.717) is 17.5 Å². The molecular weight excluding hydrogens is 308 g/mol. The highest BCUT2D eigenvalue weighted by atomic mass is 19.3. The number of aromatic nitrogens is 4. The first kappa shape index (κ1) is 15.4. The summed E-state index contributed by atoms with van der Waals surface area (Å²) in [4.78, 5) is 10.7. The Labute approximate surface area is 131 Å². The number of ether oxygens (including phenoxy) is 1. The number of H-pyrrole nitrogens is 1. The van der Waals surface area contributed by atoms with Gasteiger partial charge in [-0.05, 0) is 12.8 Å². The minimum Gasteiger partial charge on any atom is -0.417 e. The van der Waals surface area contributed by atoms with Gasteiger partial charge in [0.05, 0.1) is 12.4 Å². The first-order chi connectivity index (χ1) is 11.1. The van der Waals surface area contributed by atoms with Gasteiger partial charge in [-0.2, -0.15) is 13.9 Å². The molecule has 0 aliphatic carbocycles. The van der Waals surface area contributed by atoms with Crippen LogP contribution in [0.5, 0.6) is 5.88 Å². The third-order valence-electron chi connectivity index (χ3n) is 3.43. The lowest BCUT2D eigenvalue weighted by Crippen LogP contribution is -2.43. The van der Waals surface area contributed by atoms with E-state index in [-0.39, 0.29) is 11.9 Å². The van der Waals surface area contributed by atoms with Crippen molar-refractivity contribution in [3.8, 4) is 5.88 Å². The molecule has 2 aromatic rings. The molecule has 2 aromatic heterocycles. The van der Waals surface area contributed by atoms with Crippen LogP contribution < -0.4 is 20.7 Å². The highest BCUT2D eigenvalue weighted by molar-refractivity contribution is 5.54. The van der Waals surface area contributed by atoms with Crippen LogP contribution in [0, 0.1) is 0 Å². The number of hydrogen-bond donors (Lipinski definition) is 3. The van der Waals surface area contributed by atoms with E-state index in [2.05, 4.69) is 35.1 Å². The van der Waals surface area contributed by atoms with Gasteiger partial charge in [-0.1, -0.05) is 0 Å². The Morgan fingerprint density at radius 2 is 2.26 bits per heavy atom. The first-order valence-electron chi connectivity index (χ1n) is 7.20. The summed E-state index contributed by atoms with van der Waals surface area (Å²) in [6.45, 7) is -1.30. The van der Waals surface area contributed by atoms with Gasteiger partial charge in [-0.25, -0.2) is 10.1 Å². The van der Waals surface area contributed by atoms with Crippen molar-refractivity contribution < 1.29 is 13.5 Å². The molecule has 0 amide bonds. The summed E-state index contributed by atoms with van der Waals surface area (Å²) in [7, 11) is 0. The second-order valence-electron chi connectivity index (χ2n) is 5.23. The molecule has 0 bridgehead atoms. The number of nitrogens with zero attached hydrogens (tertiary/aromatic N) is 4. The zero-order valence-electron chi connectivity index (χ0n) is 12.2. The number of aromatic amines is 1. The predicted octanol–water partition coefficient (Wildman–Crippen LogP) is 1.47. The summed E-state index contributed by atoms with van der Waals surface area (Å²) in [5, 5.41) is 9.06. The van der Waals surface area contributed by atoms with E-state index in [1.807, 2.05) is 0 Å². The lowest BCUT2D eigenvalue weighted by atomic mass is 10.1. The molecule has 1 aliphatic heterocycles. The first-order valence-corrected chi connectivity index (χ1v) is 7.20. The van der Waals surface area contributed by atoms with Gasteiger partial charge in [-0.15, -0.1) is 0 Å². The van der Waals surface area contributed by atoms with E-state index < -0.39 is 6.61 Å². The van der Waals surface area contributed by atoms with Crippen molar-refractivity contribution >= 4 is 17.5 Å². The van der Waals surface area contributed by atoms with Crippen molar-refractivity contribution in [1.29, 1.82) is 0 Å². The summed E-state index contributed by atoms with van der Waals surface area (Å²) < 4.78 is 28.5. The minimum atomic E-state index is -2.91. The van der Waals surface area contributed by atoms with E-state index in [1.54, 1.807) is 6.20 Å². The van der Waals surface area contributed by atoms with Gasteiger partial charge >= 0.3 is 6.61 Å². The van der Waals surface area contributed by atoms with Crippen LogP contribution in [0.2, 0.25) is 0 Å². The van der Waals surface area contributed by atoms with Gasteiger partial charge in [-0.3, -0.25) is 4.98 Å². The molecule has 0 saturated carbocycles. The van der Waals surface area contributed by atoms with Crippen LogP contribution in [0.3, 0.4) is 0 Å². The summed E-state index contributed by atoms with van der Waals surface area (Å²) in [5.74, 6) is 1.34. The third-order valence-corrected chi connectivity index (χ3v) is 3.43. The maximum atomic E-state index is 12.1. The predicted molar refractivity (Wildman–Crippen MR) is 80.0 cm³/mol. The van der Waals surface area contributed by atoms with Crippen molar-refractivity contribution in [1.82, 2.24) is 20.2 Å². The van der Waals surface area contributed by atoms with Crippen LogP contribution in [-0.4, -0.2) is 45.9 Å². The van der Waals surface area contributed by atoms with Crippen molar-refractivity contribution in [2.24, 2.45) is 5.73 Å². The van der Waals surface area contributed by atoms with Crippen LogP contribution in [0.1, 0.15) is 12.8 Å². The number of halogens is 2.